The van der Waals surface area contributed by atoms with E-state index in [-0.39, 0.29) is 13.0 Å². The van der Waals surface area contributed by atoms with Gasteiger partial charge in [-0.3, -0.25) is 0 Å². The first-order chi connectivity index (χ1) is 9.12. The number of hydrogen-bond acceptors (Lipinski definition) is 5. The molecule has 5 nitrogen and oxygen atoms in total. The number of azo groups is 1. The third-order valence-electron chi connectivity index (χ3n) is 3.76. The lowest BCUT2D eigenvalue weighted by Crippen LogP contribution is -2.26. The molecule has 1 saturated heterocycles. The van der Waals surface area contributed by atoms with Crippen molar-refractivity contribution in [3.8, 4) is 0 Å². The fraction of sp³-hybridized carbons (Fsp3) is 0.667. The second-order valence-electron chi connectivity index (χ2n) is 5.40. The summed E-state index contributed by atoms with van der Waals surface area (Å²) < 4.78 is 26.7. The van der Waals surface area contributed by atoms with Crippen molar-refractivity contribution in [3.05, 3.63) is 11.5 Å². The van der Waals surface area contributed by atoms with Crippen molar-refractivity contribution < 1.29 is 8.78 Å². The van der Waals surface area contributed by atoms with Crippen LogP contribution in [0.15, 0.2) is 10.2 Å². The van der Waals surface area contributed by atoms with Gasteiger partial charge in [-0.05, 0) is 12.8 Å². The molecule has 3 aliphatic rings. The summed E-state index contributed by atoms with van der Waals surface area (Å²) in [5, 5.41) is 7.97. The number of nitrogens with zero attached hydrogens (tertiary/aromatic N) is 5. The van der Waals surface area contributed by atoms with Gasteiger partial charge in [-0.15, -0.1) is 5.11 Å². The van der Waals surface area contributed by atoms with Crippen LogP contribution in [0.3, 0.4) is 0 Å². The second-order valence-corrected chi connectivity index (χ2v) is 5.40. The molecule has 0 bridgehead atoms. The Morgan fingerprint density at radius 2 is 2.05 bits per heavy atom. The van der Waals surface area contributed by atoms with E-state index in [1.54, 1.807) is 4.90 Å². The van der Waals surface area contributed by atoms with Crippen molar-refractivity contribution >= 4 is 11.5 Å². The van der Waals surface area contributed by atoms with Crippen LogP contribution in [0.25, 0.3) is 0 Å². The Morgan fingerprint density at radius 1 is 1.21 bits per heavy atom. The molecule has 0 atom stereocenters. The number of halogens is 2. The molecule has 0 aromatic carbocycles. The zero-order chi connectivity index (χ0) is 13.0. The van der Waals surface area contributed by atoms with E-state index in [2.05, 4.69) is 20.2 Å². The highest BCUT2D eigenvalue weighted by Gasteiger charge is 2.41. The monoisotopic (exact) mass is 265 g/mol. The molecule has 7 heteroatoms. The van der Waals surface area contributed by atoms with Gasteiger partial charge in [0.1, 0.15) is 12.4 Å². The lowest BCUT2D eigenvalue weighted by atomic mass is 10.3. The molecule has 2 fully saturated rings. The summed E-state index contributed by atoms with van der Waals surface area (Å²) in [6.45, 7) is 0.473. The van der Waals surface area contributed by atoms with Crippen LogP contribution in [0.1, 0.15) is 36.7 Å². The molecule has 1 aromatic heterocycles. The van der Waals surface area contributed by atoms with Crippen molar-refractivity contribution in [3.63, 3.8) is 0 Å². The quantitative estimate of drug-likeness (QED) is 0.826. The summed E-state index contributed by atoms with van der Waals surface area (Å²) in [7, 11) is 0. The van der Waals surface area contributed by atoms with Crippen LogP contribution in [-0.4, -0.2) is 29.0 Å². The normalized spacial score (nSPS) is 24.0. The largest absolute Gasteiger partial charge is 0.348 e. The van der Waals surface area contributed by atoms with E-state index in [9.17, 15) is 8.78 Å². The van der Waals surface area contributed by atoms with Crippen LogP contribution in [0.5, 0.6) is 0 Å². The molecular weight excluding hydrogens is 252 g/mol. The third kappa shape index (κ3) is 1.87. The lowest BCUT2D eigenvalue weighted by molar-refractivity contribution is 0.0257. The number of alkyl halides is 2. The molecule has 1 saturated carbocycles. The topological polar surface area (TPSA) is 53.7 Å². The number of aromatic nitrogens is 2. The minimum Gasteiger partial charge on any atom is -0.348 e. The average molecular weight is 265 g/mol. The fourth-order valence-corrected chi connectivity index (χ4v) is 2.55. The van der Waals surface area contributed by atoms with Crippen LogP contribution < -0.4 is 4.90 Å². The van der Waals surface area contributed by atoms with Gasteiger partial charge in [0.05, 0.1) is 12.2 Å². The Morgan fingerprint density at radius 3 is 2.74 bits per heavy atom. The van der Waals surface area contributed by atoms with E-state index >= 15 is 0 Å². The van der Waals surface area contributed by atoms with Gasteiger partial charge in [-0.25, -0.2) is 18.7 Å². The molecule has 100 valence electrons. The van der Waals surface area contributed by atoms with Crippen molar-refractivity contribution in [2.24, 2.45) is 10.2 Å². The Hall–Kier alpha value is -1.66. The van der Waals surface area contributed by atoms with E-state index in [0.717, 1.165) is 24.4 Å². The number of hydrogen-bond donors (Lipinski definition) is 0. The highest BCUT2D eigenvalue weighted by molar-refractivity contribution is 5.66. The molecule has 1 aromatic rings. The maximum absolute atomic E-state index is 13.4. The van der Waals surface area contributed by atoms with Crippen LogP contribution in [0.2, 0.25) is 0 Å². The SMILES string of the molecule is FC1(F)CCN(c2nc(C3CC3)nc3c2N=NC3)C1. The first-order valence-electron chi connectivity index (χ1n) is 6.53. The van der Waals surface area contributed by atoms with Crippen molar-refractivity contribution in [2.45, 2.75) is 37.6 Å². The second kappa shape index (κ2) is 3.68. The zero-order valence-corrected chi connectivity index (χ0v) is 10.3. The van der Waals surface area contributed by atoms with Crippen LogP contribution in [-0.2, 0) is 6.54 Å². The summed E-state index contributed by atoms with van der Waals surface area (Å²) in [6.07, 6.45) is 2.05. The van der Waals surface area contributed by atoms with Crippen LogP contribution in [0, 0.1) is 0 Å². The zero-order valence-electron chi connectivity index (χ0n) is 10.3. The molecule has 0 N–H and O–H groups in total. The Labute approximate surface area is 108 Å². The lowest BCUT2D eigenvalue weighted by Gasteiger charge is -2.19. The molecular formula is C12H13F2N5. The maximum atomic E-state index is 13.4. The van der Waals surface area contributed by atoms with Crippen molar-refractivity contribution in [2.75, 3.05) is 18.0 Å². The Balaban J connectivity index is 1.76. The molecule has 19 heavy (non-hydrogen) atoms. The molecule has 0 amide bonds. The predicted octanol–water partition coefficient (Wildman–Crippen LogP) is 2.80. The van der Waals surface area contributed by atoms with Gasteiger partial charge in [-0.1, -0.05) is 0 Å². The fourth-order valence-electron chi connectivity index (χ4n) is 2.55. The number of rotatable bonds is 2. The van der Waals surface area contributed by atoms with E-state index in [0.29, 0.717) is 30.5 Å². The summed E-state index contributed by atoms with van der Waals surface area (Å²) in [6, 6.07) is 0. The number of fused-ring (bicyclic) bond motifs is 1. The summed E-state index contributed by atoms with van der Waals surface area (Å²) in [5.74, 6) is -0.915. The van der Waals surface area contributed by atoms with Gasteiger partial charge in [-0.2, -0.15) is 5.11 Å². The van der Waals surface area contributed by atoms with E-state index in [1.165, 1.54) is 0 Å². The van der Waals surface area contributed by atoms with Gasteiger partial charge in [0.2, 0.25) is 0 Å². The molecule has 3 heterocycles. The Kier molecular flexibility index (Phi) is 2.17. The van der Waals surface area contributed by atoms with E-state index in [1.807, 2.05) is 0 Å². The smallest absolute Gasteiger partial charge is 0.266 e. The minimum atomic E-state index is -2.63. The van der Waals surface area contributed by atoms with Crippen LogP contribution in [0.4, 0.5) is 20.3 Å². The van der Waals surface area contributed by atoms with Gasteiger partial charge in [0.25, 0.3) is 5.92 Å². The molecule has 0 unspecified atom stereocenters. The van der Waals surface area contributed by atoms with E-state index < -0.39 is 5.92 Å². The standard InChI is InChI=1S/C12H13F2N5/c13-12(14)3-4-19(6-12)11-9-8(5-15-18-9)16-10(17-11)7-1-2-7/h7H,1-6H2. The first kappa shape index (κ1) is 11.2. The van der Waals surface area contributed by atoms with Gasteiger partial charge in [0, 0.05) is 18.9 Å². The molecule has 1 aliphatic carbocycles. The summed E-state index contributed by atoms with van der Waals surface area (Å²) in [4.78, 5) is 10.6. The van der Waals surface area contributed by atoms with Gasteiger partial charge in [0.15, 0.2) is 11.5 Å². The Bertz CT molecular complexity index is 567. The molecule has 0 spiro atoms. The molecule has 4 rings (SSSR count). The average Bonchev–Trinajstić information content (AvgIpc) is 3.01. The van der Waals surface area contributed by atoms with Crippen molar-refractivity contribution in [1.82, 2.24) is 9.97 Å². The van der Waals surface area contributed by atoms with E-state index in [4.69, 9.17) is 0 Å². The summed E-state index contributed by atoms with van der Waals surface area (Å²) in [5.41, 5.74) is 1.37. The van der Waals surface area contributed by atoms with Crippen molar-refractivity contribution in [1.29, 1.82) is 0 Å². The highest BCUT2D eigenvalue weighted by Crippen LogP contribution is 2.43. The van der Waals surface area contributed by atoms with Gasteiger partial charge >= 0.3 is 0 Å². The molecule has 2 aliphatic heterocycles. The minimum absolute atomic E-state index is 0.123. The summed E-state index contributed by atoms with van der Waals surface area (Å²) >= 11 is 0. The van der Waals surface area contributed by atoms with Crippen LogP contribution >= 0.6 is 0 Å². The first-order valence-corrected chi connectivity index (χ1v) is 6.53. The highest BCUT2D eigenvalue weighted by atomic mass is 19.3. The van der Waals surface area contributed by atoms with Gasteiger partial charge < -0.3 is 4.90 Å². The predicted molar refractivity (Wildman–Crippen MR) is 64.0 cm³/mol. The maximum Gasteiger partial charge on any atom is 0.266 e. The molecule has 0 radical (unpaired) electrons. The third-order valence-corrected chi connectivity index (χ3v) is 3.76. The number of anilines is 1.